The van der Waals surface area contributed by atoms with Crippen LogP contribution in [0, 0.1) is 5.92 Å². The van der Waals surface area contributed by atoms with Crippen molar-refractivity contribution in [2.75, 3.05) is 18.8 Å². The number of carbonyl (C=O) groups excluding carboxylic acids is 3. The summed E-state index contributed by atoms with van der Waals surface area (Å²) in [7, 11) is 0. The second-order valence-electron chi connectivity index (χ2n) is 6.40. The molecule has 9 nitrogen and oxygen atoms in total. The van der Waals surface area contributed by atoms with E-state index in [0.29, 0.717) is 25.8 Å². The van der Waals surface area contributed by atoms with Crippen LogP contribution in [0.25, 0.3) is 0 Å². The van der Waals surface area contributed by atoms with Gasteiger partial charge in [-0.1, -0.05) is 20.3 Å². The van der Waals surface area contributed by atoms with Crippen LogP contribution in [-0.4, -0.2) is 70.7 Å². The van der Waals surface area contributed by atoms with Crippen LogP contribution in [0.5, 0.6) is 0 Å². The molecule has 1 saturated heterocycles. The van der Waals surface area contributed by atoms with Gasteiger partial charge in [-0.2, -0.15) is 12.6 Å². The van der Waals surface area contributed by atoms with E-state index in [1.54, 1.807) is 6.92 Å². The number of carboxylic acids is 1. The minimum Gasteiger partial charge on any atom is -0.480 e. The topological polar surface area (TPSA) is 142 Å². The van der Waals surface area contributed by atoms with Gasteiger partial charge in [0.05, 0.1) is 6.54 Å². The van der Waals surface area contributed by atoms with Crippen molar-refractivity contribution in [2.45, 2.75) is 51.2 Å². The van der Waals surface area contributed by atoms with Crippen LogP contribution >= 0.6 is 12.6 Å². The molecule has 4 atom stereocenters. The Bertz CT molecular complexity index is 545. The van der Waals surface area contributed by atoms with E-state index in [2.05, 4.69) is 23.3 Å². The van der Waals surface area contributed by atoms with Crippen molar-refractivity contribution in [2.24, 2.45) is 11.7 Å². The lowest BCUT2D eigenvalue weighted by Gasteiger charge is -2.27. The zero-order valence-electron chi connectivity index (χ0n) is 15.1. The van der Waals surface area contributed by atoms with Gasteiger partial charge in [0, 0.05) is 12.3 Å². The van der Waals surface area contributed by atoms with E-state index in [4.69, 9.17) is 5.73 Å². The first-order valence-corrected chi connectivity index (χ1v) is 9.33. The third-order valence-corrected chi connectivity index (χ3v) is 5.01. The summed E-state index contributed by atoms with van der Waals surface area (Å²) < 4.78 is 0. The van der Waals surface area contributed by atoms with Crippen LogP contribution in [0.3, 0.4) is 0 Å². The third-order valence-electron chi connectivity index (χ3n) is 4.64. The smallest absolute Gasteiger partial charge is 0.326 e. The summed E-state index contributed by atoms with van der Waals surface area (Å²) in [6, 6.07) is -2.72. The van der Waals surface area contributed by atoms with Crippen molar-refractivity contribution in [1.29, 1.82) is 0 Å². The number of aliphatic carboxylic acids is 1. The first kappa shape index (κ1) is 22.2. The van der Waals surface area contributed by atoms with Crippen LogP contribution < -0.4 is 16.4 Å². The third kappa shape index (κ3) is 5.60. The summed E-state index contributed by atoms with van der Waals surface area (Å²) >= 11 is 4.08. The number of nitrogens with zero attached hydrogens (tertiary/aromatic N) is 1. The Morgan fingerprint density at radius 1 is 1.31 bits per heavy atom. The van der Waals surface area contributed by atoms with E-state index in [-0.39, 0.29) is 24.1 Å². The lowest BCUT2D eigenvalue weighted by Crippen LogP contribution is -2.57. The van der Waals surface area contributed by atoms with Crippen molar-refractivity contribution in [3.8, 4) is 0 Å². The number of nitrogens with one attached hydrogen (secondary N) is 2. The van der Waals surface area contributed by atoms with Gasteiger partial charge in [0.25, 0.3) is 0 Å². The molecule has 10 heteroatoms. The van der Waals surface area contributed by atoms with Gasteiger partial charge in [-0.15, -0.1) is 0 Å². The Hall–Kier alpha value is -1.81. The number of thiol groups is 1. The number of rotatable bonds is 9. The Kier molecular flexibility index (Phi) is 8.86. The highest BCUT2D eigenvalue weighted by atomic mass is 32.1. The van der Waals surface area contributed by atoms with E-state index in [9.17, 15) is 24.3 Å². The van der Waals surface area contributed by atoms with Gasteiger partial charge >= 0.3 is 5.97 Å². The fourth-order valence-electron chi connectivity index (χ4n) is 2.85. The minimum atomic E-state index is -1.13. The summed E-state index contributed by atoms with van der Waals surface area (Å²) in [5.74, 6) is -2.79. The Labute approximate surface area is 158 Å². The summed E-state index contributed by atoms with van der Waals surface area (Å²) in [6.45, 7) is 3.81. The molecule has 0 saturated carbocycles. The van der Waals surface area contributed by atoms with Crippen LogP contribution in [0.2, 0.25) is 0 Å². The molecule has 3 amide bonds. The van der Waals surface area contributed by atoms with Crippen molar-refractivity contribution >= 4 is 36.3 Å². The summed E-state index contributed by atoms with van der Waals surface area (Å²) in [5.41, 5.74) is 5.36. The molecule has 0 aromatic rings. The largest absolute Gasteiger partial charge is 0.480 e. The average Bonchev–Trinajstić information content (AvgIpc) is 3.11. The zero-order valence-corrected chi connectivity index (χ0v) is 16.0. The maximum atomic E-state index is 12.5. The van der Waals surface area contributed by atoms with Gasteiger partial charge in [0.15, 0.2) is 0 Å². The summed E-state index contributed by atoms with van der Waals surface area (Å²) in [6.07, 6.45) is 1.74. The molecule has 26 heavy (non-hydrogen) atoms. The van der Waals surface area contributed by atoms with E-state index in [1.165, 1.54) is 4.90 Å². The lowest BCUT2D eigenvalue weighted by atomic mass is 9.99. The fraction of sp³-hybridized carbons (Fsp3) is 0.750. The molecule has 148 valence electrons. The summed E-state index contributed by atoms with van der Waals surface area (Å²) in [5, 5.41) is 14.3. The number of likely N-dealkylation sites (tertiary alicyclic amines) is 1. The monoisotopic (exact) mass is 388 g/mol. The Morgan fingerprint density at radius 2 is 1.96 bits per heavy atom. The van der Waals surface area contributed by atoms with Gasteiger partial charge in [-0.05, 0) is 18.8 Å². The number of nitrogens with two attached hydrogens (primary N) is 1. The molecule has 0 unspecified atom stereocenters. The molecule has 1 fully saturated rings. The van der Waals surface area contributed by atoms with E-state index >= 15 is 0 Å². The molecule has 1 rings (SSSR count). The van der Waals surface area contributed by atoms with Crippen molar-refractivity contribution in [3.05, 3.63) is 0 Å². The first-order valence-electron chi connectivity index (χ1n) is 8.70. The van der Waals surface area contributed by atoms with Crippen molar-refractivity contribution in [3.63, 3.8) is 0 Å². The molecular weight excluding hydrogens is 360 g/mol. The highest BCUT2D eigenvalue weighted by molar-refractivity contribution is 7.80. The van der Waals surface area contributed by atoms with Gasteiger partial charge < -0.3 is 26.4 Å². The highest BCUT2D eigenvalue weighted by Crippen LogP contribution is 2.17. The molecule has 0 spiro atoms. The molecule has 1 aliphatic heterocycles. The van der Waals surface area contributed by atoms with Crippen LogP contribution in [0.4, 0.5) is 0 Å². The first-order chi connectivity index (χ1) is 12.3. The van der Waals surface area contributed by atoms with Gasteiger partial charge in [0.1, 0.15) is 18.1 Å². The number of carboxylic acid groups (broad SMARTS) is 1. The van der Waals surface area contributed by atoms with Gasteiger partial charge in [-0.25, -0.2) is 4.79 Å². The fourth-order valence-corrected chi connectivity index (χ4v) is 3.11. The quantitative estimate of drug-likeness (QED) is 0.320. The normalized spacial score (nSPS) is 20.2. The molecule has 0 aromatic carbocycles. The van der Waals surface area contributed by atoms with Crippen LogP contribution in [-0.2, 0) is 19.2 Å². The predicted molar refractivity (Wildman–Crippen MR) is 98.6 cm³/mol. The zero-order chi connectivity index (χ0) is 19.9. The predicted octanol–water partition coefficient (Wildman–Crippen LogP) is -1.03. The van der Waals surface area contributed by atoms with Crippen molar-refractivity contribution in [1.82, 2.24) is 15.5 Å². The highest BCUT2D eigenvalue weighted by Gasteiger charge is 2.36. The molecule has 0 bridgehead atoms. The second kappa shape index (κ2) is 10.4. The van der Waals surface area contributed by atoms with E-state index in [0.717, 1.165) is 0 Å². The minimum absolute atomic E-state index is 0.00196. The second-order valence-corrected chi connectivity index (χ2v) is 6.77. The molecule has 5 N–H and O–H groups in total. The molecule has 1 heterocycles. The van der Waals surface area contributed by atoms with Gasteiger partial charge in [0.2, 0.25) is 17.7 Å². The van der Waals surface area contributed by atoms with E-state index < -0.39 is 35.9 Å². The molecule has 0 radical (unpaired) electrons. The van der Waals surface area contributed by atoms with Crippen LogP contribution in [0.1, 0.15) is 33.1 Å². The number of hydrogen-bond donors (Lipinski definition) is 5. The molecular formula is C16H28N4O5S. The molecule has 0 aliphatic carbocycles. The standard InChI is InChI=1S/C16H28N4O5S/c1-3-9(2)13(16(24)25)19-14(22)10(8-26)18-15(23)11-5-4-6-20(11)12(21)7-17/h9-11,13,26H,3-8,17H2,1-2H3,(H,18,23)(H,19,22)(H,24,25)/t9-,10-,11-,13-/m0/s1. The number of hydrogen-bond acceptors (Lipinski definition) is 6. The Balaban J connectivity index is 2.75. The maximum Gasteiger partial charge on any atom is 0.326 e. The van der Waals surface area contributed by atoms with Gasteiger partial charge in [-0.3, -0.25) is 14.4 Å². The van der Waals surface area contributed by atoms with E-state index in [1.807, 2.05) is 6.92 Å². The Morgan fingerprint density at radius 3 is 2.46 bits per heavy atom. The number of carbonyl (C=O) groups is 4. The average molecular weight is 388 g/mol. The molecule has 0 aromatic heterocycles. The molecule has 1 aliphatic rings. The number of amides is 3. The summed E-state index contributed by atoms with van der Waals surface area (Å²) in [4.78, 5) is 49.4. The maximum absolute atomic E-state index is 12.5. The lowest BCUT2D eigenvalue weighted by molar-refractivity contribution is -0.144. The van der Waals surface area contributed by atoms with Crippen LogP contribution in [0.15, 0.2) is 0 Å². The SMILES string of the molecule is CC[C@H](C)[C@H](NC(=O)[C@H](CS)NC(=O)[C@@H]1CCCN1C(=O)CN)C(=O)O. The van der Waals surface area contributed by atoms with Crippen molar-refractivity contribution < 1.29 is 24.3 Å².